The summed E-state index contributed by atoms with van der Waals surface area (Å²) < 4.78 is 1.61. The predicted molar refractivity (Wildman–Crippen MR) is 105 cm³/mol. The minimum Gasteiger partial charge on any atom is -0.349 e. The number of urea groups is 1. The van der Waals surface area contributed by atoms with E-state index in [9.17, 15) is 9.59 Å². The van der Waals surface area contributed by atoms with Gasteiger partial charge in [-0.05, 0) is 44.0 Å². The SMILES string of the molecule is Cc1ccc(C(=O)NC2CCN(C(=O)Nc3ccc4ncnn4c3)CC2)cc1. The zero-order chi connectivity index (χ0) is 19.5. The molecule has 2 N–H and O–H groups in total. The molecule has 28 heavy (non-hydrogen) atoms. The molecule has 1 aliphatic rings. The van der Waals surface area contributed by atoms with Crippen LogP contribution in [0, 0.1) is 6.92 Å². The number of aryl methyl sites for hydroxylation is 1. The number of hydrogen-bond donors (Lipinski definition) is 2. The van der Waals surface area contributed by atoms with Crippen molar-refractivity contribution in [3.05, 3.63) is 60.0 Å². The first kappa shape index (κ1) is 18.0. The molecule has 8 nitrogen and oxygen atoms in total. The Kier molecular flexibility index (Phi) is 4.92. The van der Waals surface area contributed by atoms with Crippen LogP contribution >= 0.6 is 0 Å². The van der Waals surface area contributed by atoms with E-state index in [4.69, 9.17) is 0 Å². The summed E-state index contributed by atoms with van der Waals surface area (Å²) in [6.07, 6.45) is 4.66. The number of aromatic nitrogens is 3. The van der Waals surface area contributed by atoms with Crippen LogP contribution in [0.3, 0.4) is 0 Å². The van der Waals surface area contributed by atoms with Crippen molar-refractivity contribution in [2.24, 2.45) is 0 Å². The molecule has 0 spiro atoms. The molecule has 0 bridgehead atoms. The van der Waals surface area contributed by atoms with Crippen LogP contribution in [0.4, 0.5) is 10.5 Å². The number of piperidine rings is 1. The zero-order valence-corrected chi connectivity index (χ0v) is 15.6. The quantitative estimate of drug-likeness (QED) is 0.732. The number of pyridine rings is 1. The monoisotopic (exact) mass is 378 g/mol. The van der Waals surface area contributed by atoms with E-state index in [1.54, 1.807) is 27.7 Å². The second kappa shape index (κ2) is 7.67. The Morgan fingerprint density at radius 1 is 1.07 bits per heavy atom. The average Bonchev–Trinajstić information content (AvgIpc) is 3.17. The maximum atomic E-state index is 12.5. The first-order valence-corrected chi connectivity index (χ1v) is 9.31. The number of fused-ring (bicyclic) bond motifs is 1. The van der Waals surface area contributed by atoms with Crippen LogP contribution in [0.2, 0.25) is 0 Å². The Morgan fingerprint density at radius 2 is 1.82 bits per heavy atom. The van der Waals surface area contributed by atoms with E-state index in [2.05, 4.69) is 20.7 Å². The minimum absolute atomic E-state index is 0.0657. The van der Waals surface area contributed by atoms with Gasteiger partial charge in [0.25, 0.3) is 5.91 Å². The van der Waals surface area contributed by atoms with E-state index < -0.39 is 0 Å². The normalized spacial score (nSPS) is 14.8. The Morgan fingerprint density at radius 3 is 2.57 bits per heavy atom. The zero-order valence-electron chi connectivity index (χ0n) is 15.6. The van der Waals surface area contributed by atoms with Crippen molar-refractivity contribution in [2.45, 2.75) is 25.8 Å². The summed E-state index contributed by atoms with van der Waals surface area (Å²) in [4.78, 5) is 30.7. The molecular formula is C20H22N6O2. The molecule has 1 fully saturated rings. The van der Waals surface area contributed by atoms with Crippen LogP contribution in [-0.4, -0.2) is 50.6 Å². The van der Waals surface area contributed by atoms with E-state index in [1.165, 1.54) is 6.33 Å². The molecule has 2 aromatic heterocycles. The number of carbonyl (C=O) groups excluding carboxylic acids is 2. The molecule has 3 heterocycles. The molecule has 144 valence electrons. The number of hydrogen-bond acceptors (Lipinski definition) is 4. The summed E-state index contributed by atoms with van der Waals surface area (Å²) in [5.41, 5.74) is 3.18. The van der Waals surface area contributed by atoms with Gasteiger partial charge in [-0.15, -0.1) is 0 Å². The number of anilines is 1. The number of amides is 3. The Labute approximate surface area is 162 Å². The van der Waals surface area contributed by atoms with Gasteiger partial charge in [-0.2, -0.15) is 5.10 Å². The summed E-state index contributed by atoms with van der Waals surface area (Å²) in [7, 11) is 0. The van der Waals surface area contributed by atoms with Crippen LogP contribution in [0.5, 0.6) is 0 Å². The van der Waals surface area contributed by atoms with Crippen molar-refractivity contribution in [3.8, 4) is 0 Å². The van der Waals surface area contributed by atoms with Gasteiger partial charge in [-0.25, -0.2) is 14.3 Å². The molecule has 8 heteroatoms. The highest BCUT2D eigenvalue weighted by Gasteiger charge is 2.24. The molecule has 0 unspecified atom stereocenters. The molecule has 1 saturated heterocycles. The third-order valence-corrected chi connectivity index (χ3v) is 4.96. The molecule has 1 aromatic carbocycles. The Balaban J connectivity index is 1.29. The largest absolute Gasteiger partial charge is 0.349 e. The molecule has 1 aliphatic heterocycles. The molecule has 3 amide bonds. The second-order valence-electron chi connectivity index (χ2n) is 7.01. The Bertz CT molecular complexity index is 989. The smallest absolute Gasteiger partial charge is 0.321 e. The minimum atomic E-state index is -0.150. The topological polar surface area (TPSA) is 91.6 Å². The fourth-order valence-electron chi connectivity index (χ4n) is 3.29. The number of carbonyl (C=O) groups is 2. The third kappa shape index (κ3) is 3.95. The van der Waals surface area contributed by atoms with Gasteiger partial charge >= 0.3 is 6.03 Å². The maximum absolute atomic E-state index is 12.5. The number of likely N-dealkylation sites (tertiary alicyclic amines) is 1. The van der Waals surface area contributed by atoms with E-state index in [-0.39, 0.29) is 18.0 Å². The van der Waals surface area contributed by atoms with Crippen LogP contribution in [0.1, 0.15) is 28.8 Å². The lowest BCUT2D eigenvalue weighted by molar-refractivity contribution is 0.0919. The molecule has 0 aliphatic carbocycles. The van der Waals surface area contributed by atoms with E-state index in [1.807, 2.05) is 31.2 Å². The summed E-state index contributed by atoms with van der Waals surface area (Å²) in [6.45, 7) is 3.18. The van der Waals surface area contributed by atoms with Crippen LogP contribution < -0.4 is 10.6 Å². The lowest BCUT2D eigenvalue weighted by Gasteiger charge is -2.32. The molecule has 4 rings (SSSR count). The molecular weight excluding hydrogens is 356 g/mol. The number of nitrogens with zero attached hydrogens (tertiary/aromatic N) is 4. The van der Waals surface area contributed by atoms with Gasteiger partial charge < -0.3 is 15.5 Å². The summed E-state index contributed by atoms with van der Waals surface area (Å²) in [6, 6.07) is 11.0. The number of nitrogens with one attached hydrogen (secondary N) is 2. The Hall–Kier alpha value is -3.42. The molecule has 3 aromatic rings. The molecule has 0 atom stereocenters. The highest BCUT2D eigenvalue weighted by atomic mass is 16.2. The van der Waals surface area contributed by atoms with E-state index in [0.29, 0.717) is 24.3 Å². The summed E-state index contributed by atoms with van der Waals surface area (Å²) in [5, 5.41) is 10.0. The van der Waals surface area contributed by atoms with Crippen molar-refractivity contribution in [2.75, 3.05) is 18.4 Å². The predicted octanol–water partition coefficient (Wildman–Crippen LogP) is 2.46. The van der Waals surface area contributed by atoms with Crippen molar-refractivity contribution in [3.63, 3.8) is 0 Å². The van der Waals surface area contributed by atoms with Crippen LogP contribution in [0.25, 0.3) is 5.65 Å². The van der Waals surface area contributed by atoms with Gasteiger partial charge in [0.15, 0.2) is 5.65 Å². The van der Waals surface area contributed by atoms with Crippen LogP contribution in [-0.2, 0) is 0 Å². The summed E-state index contributed by atoms with van der Waals surface area (Å²) >= 11 is 0. The van der Waals surface area contributed by atoms with Crippen molar-refractivity contribution >= 4 is 23.3 Å². The van der Waals surface area contributed by atoms with Gasteiger partial charge in [0.2, 0.25) is 0 Å². The maximum Gasteiger partial charge on any atom is 0.321 e. The first-order chi connectivity index (χ1) is 13.6. The highest BCUT2D eigenvalue weighted by molar-refractivity contribution is 5.94. The first-order valence-electron chi connectivity index (χ1n) is 9.31. The summed E-state index contributed by atoms with van der Waals surface area (Å²) in [5.74, 6) is -0.0657. The fourth-order valence-corrected chi connectivity index (χ4v) is 3.29. The molecule has 0 radical (unpaired) electrons. The second-order valence-corrected chi connectivity index (χ2v) is 7.01. The van der Waals surface area contributed by atoms with Crippen molar-refractivity contribution < 1.29 is 9.59 Å². The van der Waals surface area contributed by atoms with Crippen molar-refractivity contribution in [1.29, 1.82) is 0 Å². The highest BCUT2D eigenvalue weighted by Crippen LogP contribution is 2.15. The fraction of sp³-hybridized carbons (Fsp3) is 0.300. The van der Waals surface area contributed by atoms with Gasteiger partial charge in [0.05, 0.1) is 11.9 Å². The lowest BCUT2D eigenvalue weighted by Crippen LogP contribution is -2.47. The molecule has 0 saturated carbocycles. The van der Waals surface area contributed by atoms with E-state index in [0.717, 1.165) is 24.1 Å². The van der Waals surface area contributed by atoms with Gasteiger partial charge in [0.1, 0.15) is 6.33 Å². The number of benzene rings is 1. The van der Waals surface area contributed by atoms with E-state index >= 15 is 0 Å². The standard InChI is InChI=1S/C20H22N6O2/c1-14-2-4-15(5-3-14)19(27)23-16-8-10-25(11-9-16)20(28)24-17-6-7-18-21-13-22-26(18)12-17/h2-7,12-13,16H,8-11H2,1H3,(H,23,27)(H,24,28). The van der Waals surface area contributed by atoms with Gasteiger partial charge in [-0.1, -0.05) is 17.7 Å². The number of rotatable bonds is 3. The third-order valence-electron chi connectivity index (χ3n) is 4.96. The van der Waals surface area contributed by atoms with Gasteiger partial charge in [0, 0.05) is 24.7 Å². The van der Waals surface area contributed by atoms with Gasteiger partial charge in [-0.3, -0.25) is 4.79 Å². The average molecular weight is 378 g/mol. The lowest BCUT2D eigenvalue weighted by atomic mass is 10.0. The van der Waals surface area contributed by atoms with Crippen LogP contribution in [0.15, 0.2) is 48.9 Å². The van der Waals surface area contributed by atoms with Crippen molar-refractivity contribution in [1.82, 2.24) is 24.8 Å².